The van der Waals surface area contributed by atoms with E-state index < -0.39 is 0 Å². The minimum absolute atomic E-state index is 0.113. The van der Waals surface area contributed by atoms with E-state index in [4.69, 9.17) is 4.74 Å². The summed E-state index contributed by atoms with van der Waals surface area (Å²) >= 11 is 0. The van der Waals surface area contributed by atoms with E-state index in [9.17, 15) is 4.79 Å². The van der Waals surface area contributed by atoms with Crippen molar-refractivity contribution < 1.29 is 9.53 Å². The van der Waals surface area contributed by atoms with Gasteiger partial charge >= 0.3 is 0 Å². The Bertz CT molecular complexity index is 653. The van der Waals surface area contributed by atoms with E-state index in [1.165, 1.54) is 5.57 Å². The third-order valence-corrected chi connectivity index (χ3v) is 4.70. The highest BCUT2D eigenvalue weighted by Gasteiger charge is 2.49. The van der Waals surface area contributed by atoms with Crippen LogP contribution in [0.1, 0.15) is 34.1 Å². The fraction of sp³-hybridized carbons (Fsp3) is 0.381. The lowest BCUT2D eigenvalue weighted by Crippen LogP contribution is -2.43. The van der Waals surface area contributed by atoms with Crippen LogP contribution in [0.25, 0.3) is 0 Å². The zero-order valence-corrected chi connectivity index (χ0v) is 14.6. The zero-order valence-electron chi connectivity index (χ0n) is 14.6. The molecule has 0 aromatic carbocycles. The maximum absolute atomic E-state index is 13.0. The monoisotopic (exact) mass is 310 g/mol. The van der Waals surface area contributed by atoms with Gasteiger partial charge in [-0.25, -0.2) is 0 Å². The van der Waals surface area contributed by atoms with Crippen LogP contribution >= 0.6 is 0 Å². The Morgan fingerprint density at radius 2 is 2.13 bits per heavy atom. The Labute approximate surface area is 139 Å². The van der Waals surface area contributed by atoms with Crippen LogP contribution in [-0.2, 0) is 9.53 Å². The van der Waals surface area contributed by atoms with Gasteiger partial charge in [-0.2, -0.15) is 0 Å². The summed E-state index contributed by atoms with van der Waals surface area (Å²) in [6.07, 6.45) is 12.1. The maximum Gasteiger partial charge on any atom is 0.170 e. The van der Waals surface area contributed by atoms with Gasteiger partial charge in [0.1, 0.15) is 11.5 Å². The SMILES string of the molecule is C=CCC1=C(OC(=C)/C=C\C)C(C)(C)[C@H]2C(C)=CC=CC2C1=O. The summed E-state index contributed by atoms with van der Waals surface area (Å²) in [5.74, 6) is 1.42. The van der Waals surface area contributed by atoms with Crippen molar-refractivity contribution >= 4 is 5.78 Å². The first-order valence-corrected chi connectivity index (χ1v) is 8.07. The van der Waals surface area contributed by atoms with Gasteiger partial charge in [0.2, 0.25) is 0 Å². The summed E-state index contributed by atoms with van der Waals surface area (Å²) in [5, 5.41) is 0. The number of ether oxygens (including phenoxy) is 1. The van der Waals surface area contributed by atoms with Crippen molar-refractivity contribution in [1.82, 2.24) is 0 Å². The molecule has 2 heteroatoms. The maximum atomic E-state index is 13.0. The topological polar surface area (TPSA) is 26.3 Å². The van der Waals surface area contributed by atoms with Crippen LogP contribution in [0.15, 0.2) is 72.3 Å². The quantitative estimate of drug-likeness (QED) is 0.392. The minimum atomic E-state index is -0.285. The molecular formula is C21H26O2. The average Bonchev–Trinajstić information content (AvgIpc) is 2.48. The molecule has 0 N–H and O–H groups in total. The third kappa shape index (κ3) is 3.03. The number of Topliss-reactive ketones (excluding diaryl/α,β-unsaturated/α-hetero) is 1. The molecule has 2 atom stereocenters. The van der Waals surface area contributed by atoms with E-state index in [1.54, 1.807) is 6.08 Å². The Morgan fingerprint density at radius 1 is 1.43 bits per heavy atom. The molecule has 1 unspecified atom stereocenters. The lowest BCUT2D eigenvalue weighted by molar-refractivity contribution is -0.122. The second kappa shape index (κ2) is 6.57. The van der Waals surface area contributed by atoms with Crippen LogP contribution in [0.4, 0.5) is 0 Å². The molecule has 2 rings (SSSR count). The second-order valence-corrected chi connectivity index (χ2v) is 6.75. The molecule has 0 bridgehead atoms. The fourth-order valence-corrected chi connectivity index (χ4v) is 3.81. The highest BCUT2D eigenvalue weighted by atomic mass is 16.5. The predicted octanol–water partition coefficient (Wildman–Crippen LogP) is 5.28. The lowest BCUT2D eigenvalue weighted by Gasteiger charge is -2.45. The number of hydrogen-bond acceptors (Lipinski definition) is 2. The predicted molar refractivity (Wildman–Crippen MR) is 95.5 cm³/mol. The van der Waals surface area contributed by atoms with Crippen molar-refractivity contribution in [3.05, 3.63) is 72.3 Å². The number of rotatable bonds is 5. The number of fused-ring (bicyclic) bond motifs is 1. The van der Waals surface area contributed by atoms with Crippen molar-refractivity contribution in [1.29, 1.82) is 0 Å². The Kier molecular flexibility index (Phi) is 4.93. The first-order valence-electron chi connectivity index (χ1n) is 8.07. The van der Waals surface area contributed by atoms with Gasteiger partial charge in [0, 0.05) is 22.8 Å². The molecule has 0 fully saturated rings. The van der Waals surface area contributed by atoms with E-state index in [2.05, 4.69) is 40.0 Å². The summed E-state index contributed by atoms with van der Waals surface area (Å²) in [7, 11) is 0. The molecular weight excluding hydrogens is 284 g/mol. The van der Waals surface area contributed by atoms with Crippen LogP contribution in [0.2, 0.25) is 0 Å². The van der Waals surface area contributed by atoms with Crippen molar-refractivity contribution in [2.24, 2.45) is 17.3 Å². The second-order valence-electron chi connectivity index (χ2n) is 6.75. The average molecular weight is 310 g/mol. The normalized spacial score (nSPS) is 26.1. The number of allylic oxidation sites excluding steroid dienone is 9. The standard InChI is InChI=1S/C21H26O2/c1-7-10-15(4)23-20-17(11-8-2)19(22)16-13-9-12-14(3)18(16)21(20,5)6/h7-10,12-13,16,18H,2,4,11H2,1,3,5-6H3/b10-7-/t16?,18-/m0/s1. The van der Waals surface area contributed by atoms with Gasteiger partial charge in [-0.1, -0.05) is 56.4 Å². The smallest absolute Gasteiger partial charge is 0.170 e. The van der Waals surface area contributed by atoms with E-state index in [1.807, 2.05) is 31.2 Å². The molecule has 0 amide bonds. The summed E-state index contributed by atoms with van der Waals surface area (Å²) in [6, 6.07) is 0. The van der Waals surface area contributed by atoms with Crippen molar-refractivity contribution in [3.8, 4) is 0 Å². The van der Waals surface area contributed by atoms with E-state index >= 15 is 0 Å². The molecule has 122 valence electrons. The van der Waals surface area contributed by atoms with Crippen molar-refractivity contribution in [3.63, 3.8) is 0 Å². The van der Waals surface area contributed by atoms with Crippen LogP contribution in [-0.4, -0.2) is 5.78 Å². The molecule has 23 heavy (non-hydrogen) atoms. The van der Waals surface area contributed by atoms with Gasteiger partial charge in [0.05, 0.1) is 0 Å². The first-order chi connectivity index (χ1) is 10.8. The minimum Gasteiger partial charge on any atom is -0.461 e. The molecule has 0 aromatic heterocycles. The molecule has 2 aliphatic carbocycles. The molecule has 2 aliphatic rings. The van der Waals surface area contributed by atoms with Crippen LogP contribution < -0.4 is 0 Å². The molecule has 0 saturated carbocycles. The highest BCUT2D eigenvalue weighted by molar-refractivity contribution is 6.01. The largest absolute Gasteiger partial charge is 0.461 e. The van der Waals surface area contributed by atoms with Gasteiger partial charge in [0.15, 0.2) is 5.78 Å². The zero-order chi connectivity index (χ0) is 17.2. The Morgan fingerprint density at radius 3 is 2.74 bits per heavy atom. The summed E-state index contributed by atoms with van der Waals surface area (Å²) < 4.78 is 6.06. The molecule has 2 nitrogen and oxygen atoms in total. The van der Waals surface area contributed by atoms with Crippen molar-refractivity contribution in [2.45, 2.75) is 34.1 Å². The first kappa shape index (κ1) is 17.3. The number of ketones is 1. The molecule has 0 heterocycles. The number of carbonyl (C=O) groups excluding carboxylic acids is 1. The van der Waals surface area contributed by atoms with Gasteiger partial charge < -0.3 is 4.74 Å². The highest BCUT2D eigenvalue weighted by Crippen LogP contribution is 2.52. The van der Waals surface area contributed by atoms with Crippen LogP contribution in [0.5, 0.6) is 0 Å². The Hall–Kier alpha value is -2.09. The number of carbonyl (C=O) groups is 1. The van der Waals surface area contributed by atoms with Crippen molar-refractivity contribution in [2.75, 3.05) is 0 Å². The third-order valence-electron chi connectivity index (χ3n) is 4.70. The fourth-order valence-electron chi connectivity index (χ4n) is 3.81. The molecule has 0 aromatic rings. The Balaban J connectivity index is 2.59. The molecule has 0 radical (unpaired) electrons. The van der Waals surface area contributed by atoms with E-state index in [-0.39, 0.29) is 23.0 Å². The lowest BCUT2D eigenvalue weighted by atomic mass is 9.59. The summed E-state index contributed by atoms with van der Waals surface area (Å²) in [6.45, 7) is 16.0. The summed E-state index contributed by atoms with van der Waals surface area (Å²) in [5.41, 5.74) is 1.65. The van der Waals surface area contributed by atoms with E-state index in [0.29, 0.717) is 12.2 Å². The van der Waals surface area contributed by atoms with Gasteiger partial charge in [-0.3, -0.25) is 4.79 Å². The van der Waals surface area contributed by atoms with Gasteiger partial charge in [-0.15, -0.1) is 6.58 Å². The van der Waals surface area contributed by atoms with Crippen LogP contribution in [0.3, 0.4) is 0 Å². The summed E-state index contributed by atoms with van der Waals surface area (Å²) in [4.78, 5) is 13.0. The number of hydrogen-bond donors (Lipinski definition) is 0. The van der Waals surface area contributed by atoms with Gasteiger partial charge in [-0.05, 0) is 26.3 Å². The van der Waals surface area contributed by atoms with Gasteiger partial charge in [0.25, 0.3) is 0 Å². The van der Waals surface area contributed by atoms with Crippen LogP contribution in [0, 0.1) is 17.3 Å². The molecule has 0 saturated heterocycles. The molecule has 0 aliphatic heterocycles. The molecule has 0 spiro atoms. The van der Waals surface area contributed by atoms with E-state index in [0.717, 1.165) is 11.3 Å².